The molecule has 6 nitrogen and oxygen atoms in total. The summed E-state index contributed by atoms with van der Waals surface area (Å²) in [5.41, 5.74) is 0.984. The molecular formula is C21H17ClF3N5O. The zero-order valence-electron chi connectivity index (χ0n) is 16.2. The lowest BCUT2D eigenvalue weighted by Crippen LogP contribution is -2.29. The molecule has 0 aliphatic heterocycles. The van der Waals surface area contributed by atoms with Crippen molar-refractivity contribution in [1.82, 2.24) is 19.7 Å². The molecule has 10 heteroatoms. The number of carbonyl (C=O) groups is 1. The fourth-order valence-corrected chi connectivity index (χ4v) is 3.45. The highest BCUT2D eigenvalue weighted by atomic mass is 35.5. The fraction of sp³-hybridized carbons (Fsp3) is 0.143. The molecule has 0 unspecified atom stereocenters. The molecule has 0 radical (unpaired) electrons. The van der Waals surface area contributed by atoms with Crippen LogP contribution in [0.2, 0.25) is 5.02 Å². The minimum atomic E-state index is -4.62. The molecule has 160 valence electrons. The van der Waals surface area contributed by atoms with E-state index in [1.165, 1.54) is 6.07 Å². The number of nitrogens with zero attached hydrogens (tertiary/aromatic N) is 3. The maximum atomic E-state index is 13.2. The highest BCUT2D eigenvalue weighted by molar-refractivity contribution is 6.30. The average Bonchev–Trinajstić information content (AvgIpc) is 3.31. The number of alkyl halides is 3. The van der Waals surface area contributed by atoms with E-state index in [4.69, 9.17) is 11.6 Å². The van der Waals surface area contributed by atoms with Crippen LogP contribution in [-0.4, -0.2) is 20.4 Å². The van der Waals surface area contributed by atoms with Crippen molar-refractivity contribution >= 4 is 34.2 Å². The molecule has 2 amide bonds. The van der Waals surface area contributed by atoms with Gasteiger partial charge in [-0.1, -0.05) is 23.7 Å². The number of anilines is 1. The van der Waals surface area contributed by atoms with Gasteiger partial charge in [0.05, 0.1) is 23.6 Å². The van der Waals surface area contributed by atoms with E-state index < -0.39 is 17.9 Å². The van der Waals surface area contributed by atoms with Crippen molar-refractivity contribution in [2.24, 2.45) is 7.05 Å². The molecule has 0 aliphatic carbocycles. The van der Waals surface area contributed by atoms with E-state index >= 15 is 0 Å². The summed E-state index contributed by atoms with van der Waals surface area (Å²) in [6, 6.07) is 14.0. The summed E-state index contributed by atoms with van der Waals surface area (Å²) in [5.74, 6) is 0. The lowest BCUT2D eigenvalue weighted by molar-refractivity contribution is -0.141. The van der Waals surface area contributed by atoms with Crippen LogP contribution >= 0.6 is 11.6 Å². The van der Waals surface area contributed by atoms with E-state index in [9.17, 15) is 18.0 Å². The Hall–Kier alpha value is -3.46. The Morgan fingerprint density at radius 3 is 2.65 bits per heavy atom. The van der Waals surface area contributed by atoms with Crippen LogP contribution in [0.5, 0.6) is 0 Å². The van der Waals surface area contributed by atoms with E-state index in [-0.39, 0.29) is 12.2 Å². The molecule has 31 heavy (non-hydrogen) atoms. The quantitative estimate of drug-likeness (QED) is 0.442. The Kier molecular flexibility index (Phi) is 5.36. The number of benzene rings is 2. The number of hydrogen-bond donors (Lipinski definition) is 2. The lowest BCUT2D eigenvalue weighted by atomic mass is 10.2. The van der Waals surface area contributed by atoms with Crippen LogP contribution in [0.4, 0.5) is 23.7 Å². The normalized spacial score (nSPS) is 11.6. The predicted molar refractivity (Wildman–Crippen MR) is 112 cm³/mol. The number of carbonyl (C=O) groups excluding carboxylic acids is 1. The number of nitrogens with one attached hydrogen (secondary N) is 2. The first kappa shape index (κ1) is 20.8. The number of hydrogen-bond acceptors (Lipinski definition) is 2. The molecule has 4 rings (SSSR count). The summed E-state index contributed by atoms with van der Waals surface area (Å²) in [6.45, 7) is -0.174. The first-order valence-corrected chi connectivity index (χ1v) is 9.61. The highest BCUT2D eigenvalue weighted by Crippen LogP contribution is 2.30. The molecule has 2 aromatic carbocycles. The first-order valence-electron chi connectivity index (χ1n) is 9.23. The van der Waals surface area contributed by atoms with Crippen molar-refractivity contribution in [1.29, 1.82) is 0 Å². The Balaban J connectivity index is 1.56. The first-order chi connectivity index (χ1) is 14.7. The zero-order chi connectivity index (χ0) is 22.2. The topological polar surface area (TPSA) is 63.9 Å². The molecular weight excluding hydrogens is 431 g/mol. The van der Waals surface area contributed by atoms with Crippen molar-refractivity contribution in [2.45, 2.75) is 12.7 Å². The monoisotopic (exact) mass is 447 g/mol. The van der Waals surface area contributed by atoms with E-state index in [0.717, 1.165) is 21.7 Å². The Morgan fingerprint density at radius 1 is 1.13 bits per heavy atom. The van der Waals surface area contributed by atoms with Crippen molar-refractivity contribution < 1.29 is 18.0 Å². The number of aromatic nitrogens is 3. The van der Waals surface area contributed by atoms with Crippen molar-refractivity contribution in [3.05, 3.63) is 77.2 Å². The summed E-state index contributed by atoms with van der Waals surface area (Å²) in [6.07, 6.45) is -2.75. The average molecular weight is 448 g/mol. The van der Waals surface area contributed by atoms with E-state index in [2.05, 4.69) is 15.7 Å². The van der Waals surface area contributed by atoms with Gasteiger partial charge in [-0.25, -0.2) is 9.48 Å². The van der Waals surface area contributed by atoms with Crippen molar-refractivity contribution in [2.75, 3.05) is 5.32 Å². The molecule has 0 saturated heterocycles. The molecule has 0 saturated carbocycles. The molecule has 2 aromatic heterocycles. The van der Waals surface area contributed by atoms with E-state index in [1.807, 2.05) is 36.0 Å². The maximum absolute atomic E-state index is 13.2. The van der Waals surface area contributed by atoms with Crippen LogP contribution in [-0.2, 0) is 19.8 Å². The van der Waals surface area contributed by atoms with Gasteiger partial charge in [-0.15, -0.1) is 0 Å². The fourth-order valence-electron chi connectivity index (χ4n) is 3.26. The van der Waals surface area contributed by atoms with E-state index in [1.54, 1.807) is 24.3 Å². The van der Waals surface area contributed by atoms with Gasteiger partial charge in [-0.3, -0.25) is 0 Å². The zero-order valence-corrected chi connectivity index (χ0v) is 17.0. The van der Waals surface area contributed by atoms with Gasteiger partial charge in [-0.2, -0.15) is 18.3 Å². The molecule has 2 N–H and O–H groups in total. The van der Waals surface area contributed by atoms with Crippen LogP contribution < -0.4 is 10.6 Å². The Labute approximate surface area is 180 Å². The summed E-state index contributed by atoms with van der Waals surface area (Å²) in [4.78, 5) is 12.4. The largest absolute Gasteiger partial charge is 0.435 e. The summed E-state index contributed by atoms with van der Waals surface area (Å²) in [5, 5.41) is 10.2. The van der Waals surface area contributed by atoms with Crippen LogP contribution in [0.1, 0.15) is 11.4 Å². The third kappa shape index (κ3) is 4.36. The van der Waals surface area contributed by atoms with Crippen LogP contribution in [0, 0.1) is 0 Å². The van der Waals surface area contributed by atoms with Gasteiger partial charge in [0, 0.05) is 29.2 Å². The second-order valence-corrected chi connectivity index (χ2v) is 7.32. The highest BCUT2D eigenvalue weighted by Gasteiger charge is 2.35. The van der Waals surface area contributed by atoms with Gasteiger partial charge < -0.3 is 15.2 Å². The number of fused-ring (bicyclic) bond motifs is 1. The summed E-state index contributed by atoms with van der Waals surface area (Å²) in [7, 11) is 1.89. The second kappa shape index (κ2) is 7.99. The molecule has 0 fully saturated rings. The predicted octanol–water partition coefficient (Wildman–Crippen LogP) is 5.36. The number of rotatable bonds is 4. The van der Waals surface area contributed by atoms with Crippen molar-refractivity contribution in [3.63, 3.8) is 0 Å². The lowest BCUT2D eigenvalue weighted by Gasteiger charge is -2.11. The molecule has 0 spiro atoms. The standard InChI is InChI=1S/C21H17ClF3N5O/c1-29-9-8-16-17(6-3-7-18(16)29)27-20(31)26-12-15-11-19(21(23,24)25)28-30(15)14-5-2-4-13(22)10-14/h2-11H,12H2,1H3,(H2,26,27,31). The number of halogens is 4. The number of urea groups is 1. The summed E-state index contributed by atoms with van der Waals surface area (Å²) >= 11 is 5.97. The van der Waals surface area contributed by atoms with Crippen LogP contribution in [0.25, 0.3) is 16.6 Å². The van der Waals surface area contributed by atoms with Gasteiger partial charge in [-0.05, 0) is 42.5 Å². The van der Waals surface area contributed by atoms with Crippen LogP contribution in [0.3, 0.4) is 0 Å². The van der Waals surface area contributed by atoms with Gasteiger partial charge in [0.2, 0.25) is 0 Å². The minimum absolute atomic E-state index is 0.155. The number of aryl methyl sites for hydroxylation is 1. The van der Waals surface area contributed by atoms with Crippen molar-refractivity contribution in [3.8, 4) is 5.69 Å². The number of amides is 2. The van der Waals surface area contributed by atoms with Gasteiger partial charge in [0.1, 0.15) is 0 Å². The third-order valence-corrected chi connectivity index (χ3v) is 4.97. The molecule has 4 aromatic rings. The van der Waals surface area contributed by atoms with Gasteiger partial charge in [0.25, 0.3) is 0 Å². The molecule has 2 heterocycles. The third-order valence-electron chi connectivity index (χ3n) is 4.73. The van der Waals surface area contributed by atoms with Gasteiger partial charge >= 0.3 is 12.2 Å². The Morgan fingerprint density at radius 2 is 1.90 bits per heavy atom. The van der Waals surface area contributed by atoms with Gasteiger partial charge in [0.15, 0.2) is 5.69 Å². The summed E-state index contributed by atoms with van der Waals surface area (Å²) < 4.78 is 42.7. The minimum Gasteiger partial charge on any atom is -0.350 e. The molecule has 0 atom stereocenters. The smallest absolute Gasteiger partial charge is 0.350 e. The molecule has 0 aliphatic rings. The van der Waals surface area contributed by atoms with E-state index in [0.29, 0.717) is 16.4 Å². The SMILES string of the molecule is Cn1ccc2c(NC(=O)NCc3cc(C(F)(F)F)nn3-c3cccc(Cl)c3)cccc21. The second-order valence-electron chi connectivity index (χ2n) is 6.88. The van der Waals surface area contributed by atoms with Crippen LogP contribution in [0.15, 0.2) is 60.8 Å². The molecule has 0 bridgehead atoms. The maximum Gasteiger partial charge on any atom is 0.435 e. The Bertz CT molecular complexity index is 1260.